The van der Waals surface area contributed by atoms with E-state index in [9.17, 15) is 0 Å². The number of nitrogens with zero attached hydrogens (tertiary/aromatic N) is 2. The van der Waals surface area contributed by atoms with Crippen LogP contribution in [-0.4, -0.2) is 57.1 Å². The Balaban J connectivity index is 2.34. The van der Waals surface area contributed by atoms with Crippen molar-refractivity contribution in [3.05, 3.63) is 35.4 Å². The molecule has 0 saturated carbocycles. The van der Waals surface area contributed by atoms with Crippen molar-refractivity contribution in [1.29, 1.82) is 0 Å². The first-order valence-electron chi connectivity index (χ1n) is 7.23. The van der Waals surface area contributed by atoms with Gasteiger partial charge in [-0.05, 0) is 51.8 Å². The van der Waals surface area contributed by atoms with Crippen LogP contribution < -0.4 is 5.32 Å². The van der Waals surface area contributed by atoms with Crippen LogP contribution in [0.1, 0.15) is 18.1 Å². The van der Waals surface area contributed by atoms with E-state index in [2.05, 4.69) is 67.4 Å². The van der Waals surface area contributed by atoms with Crippen LogP contribution in [0.15, 0.2) is 24.3 Å². The average molecular weight is 263 g/mol. The SMILES string of the molecule is CCNCCc1ccc(CN(C)CCN(C)C)cc1. The lowest BCUT2D eigenvalue weighted by Crippen LogP contribution is -2.28. The van der Waals surface area contributed by atoms with Crippen LogP contribution in [0.3, 0.4) is 0 Å². The predicted octanol–water partition coefficient (Wildman–Crippen LogP) is 1.83. The van der Waals surface area contributed by atoms with Gasteiger partial charge in [0.2, 0.25) is 0 Å². The van der Waals surface area contributed by atoms with E-state index in [4.69, 9.17) is 0 Å². The fraction of sp³-hybridized carbons (Fsp3) is 0.625. The van der Waals surface area contributed by atoms with Gasteiger partial charge >= 0.3 is 0 Å². The molecule has 0 bridgehead atoms. The first-order chi connectivity index (χ1) is 9.11. The van der Waals surface area contributed by atoms with Crippen LogP contribution in [0.2, 0.25) is 0 Å². The maximum absolute atomic E-state index is 3.36. The third-order valence-corrected chi connectivity index (χ3v) is 3.24. The second-order valence-corrected chi connectivity index (χ2v) is 5.46. The molecule has 1 aromatic rings. The van der Waals surface area contributed by atoms with E-state index in [0.717, 1.165) is 39.1 Å². The number of nitrogens with one attached hydrogen (secondary N) is 1. The van der Waals surface area contributed by atoms with Gasteiger partial charge in [-0.3, -0.25) is 0 Å². The molecule has 0 heterocycles. The van der Waals surface area contributed by atoms with Gasteiger partial charge in [-0.15, -0.1) is 0 Å². The molecule has 0 aliphatic carbocycles. The van der Waals surface area contributed by atoms with E-state index in [1.165, 1.54) is 11.1 Å². The van der Waals surface area contributed by atoms with Crippen molar-refractivity contribution in [1.82, 2.24) is 15.1 Å². The summed E-state index contributed by atoms with van der Waals surface area (Å²) in [6, 6.07) is 9.03. The van der Waals surface area contributed by atoms with E-state index in [0.29, 0.717) is 0 Å². The van der Waals surface area contributed by atoms with Crippen LogP contribution in [0.25, 0.3) is 0 Å². The summed E-state index contributed by atoms with van der Waals surface area (Å²) < 4.78 is 0. The Morgan fingerprint density at radius 2 is 1.58 bits per heavy atom. The van der Waals surface area contributed by atoms with Gasteiger partial charge in [0.05, 0.1) is 0 Å². The van der Waals surface area contributed by atoms with Crippen molar-refractivity contribution in [3.8, 4) is 0 Å². The van der Waals surface area contributed by atoms with Crippen LogP contribution >= 0.6 is 0 Å². The molecule has 0 fully saturated rings. The fourth-order valence-corrected chi connectivity index (χ4v) is 1.98. The molecule has 108 valence electrons. The Hall–Kier alpha value is -0.900. The standard InChI is InChI=1S/C16H29N3/c1-5-17-11-10-15-6-8-16(9-7-15)14-19(4)13-12-18(2)3/h6-9,17H,5,10-14H2,1-4H3. The quantitative estimate of drug-likeness (QED) is 0.686. The number of hydrogen-bond acceptors (Lipinski definition) is 3. The molecule has 3 nitrogen and oxygen atoms in total. The van der Waals surface area contributed by atoms with Gasteiger partial charge in [0.15, 0.2) is 0 Å². The lowest BCUT2D eigenvalue weighted by molar-refractivity contribution is 0.276. The van der Waals surface area contributed by atoms with Gasteiger partial charge < -0.3 is 15.1 Å². The van der Waals surface area contributed by atoms with Crippen LogP contribution in [0.4, 0.5) is 0 Å². The van der Waals surface area contributed by atoms with Crippen molar-refractivity contribution in [3.63, 3.8) is 0 Å². The van der Waals surface area contributed by atoms with Crippen LogP contribution in [0.5, 0.6) is 0 Å². The number of hydrogen-bond donors (Lipinski definition) is 1. The molecule has 19 heavy (non-hydrogen) atoms. The second-order valence-electron chi connectivity index (χ2n) is 5.46. The summed E-state index contributed by atoms with van der Waals surface area (Å²) in [5, 5.41) is 3.36. The Kier molecular flexibility index (Phi) is 7.72. The highest BCUT2D eigenvalue weighted by atomic mass is 15.1. The molecule has 1 aromatic carbocycles. The van der Waals surface area contributed by atoms with Crippen molar-refractivity contribution < 1.29 is 0 Å². The second kappa shape index (κ2) is 9.08. The fourth-order valence-electron chi connectivity index (χ4n) is 1.98. The van der Waals surface area contributed by atoms with Crippen molar-refractivity contribution in [2.45, 2.75) is 19.9 Å². The first kappa shape index (κ1) is 16.2. The lowest BCUT2D eigenvalue weighted by atomic mass is 10.1. The van der Waals surface area contributed by atoms with Crippen molar-refractivity contribution in [2.24, 2.45) is 0 Å². The summed E-state index contributed by atoms with van der Waals surface area (Å²) in [4.78, 5) is 4.59. The Morgan fingerprint density at radius 3 is 2.16 bits per heavy atom. The molecule has 0 aromatic heterocycles. The topological polar surface area (TPSA) is 18.5 Å². The summed E-state index contributed by atoms with van der Waals surface area (Å²) in [5.74, 6) is 0. The zero-order valence-electron chi connectivity index (χ0n) is 12.9. The number of likely N-dealkylation sites (N-methyl/N-ethyl adjacent to an activating group) is 3. The molecule has 1 N–H and O–H groups in total. The third kappa shape index (κ3) is 7.31. The van der Waals surface area contributed by atoms with E-state index >= 15 is 0 Å². The molecular formula is C16H29N3. The molecule has 0 saturated heterocycles. The smallest absolute Gasteiger partial charge is 0.0231 e. The Labute approximate surface area is 118 Å². The summed E-state index contributed by atoms with van der Waals surface area (Å²) in [7, 11) is 6.42. The van der Waals surface area contributed by atoms with Crippen LogP contribution in [-0.2, 0) is 13.0 Å². The van der Waals surface area contributed by atoms with Crippen molar-refractivity contribution >= 4 is 0 Å². The van der Waals surface area contributed by atoms with Crippen LogP contribution in [0, 0.1) is 0 Å². The zero-order chi connectivity index (χ0) is 14.1. The van der Waals surface area contributed by atoms with Crippen molar-refractivity contribution in [2.75, 3.05) is 47.3 Å². The van der Waals surface area contributed by atoms with E-state index < -0.39 is 0 Å². The lowest BCUT2D eigenvalue weighted by Gasteiger charge is -2.19. The van der Waals surface area contributed by atoms with Gasteiger partial charge in [-0.25, -0.2) is 0 Å². The Morgan fingerprint density at radius 1 is 0.947 bits per heavy atom. The molecule has 3 heteroatoms. The number of rotatable bonds is 9. The minimum atomic E-state index is 1.03. The van der Waals surface area contributed by atoms with Gasteiger partial charge in [0, 0.05) is 19.6 Å². The maximum atomic E-state index is 3.36. The zero-order valence-corrected chi connectivity index (χ0v) is 12.9. The minimum absolute atomic E-state index is 1.03. The summed E-state index contributed by atoms with van der Waals surface area (Å²) in [5.41, 5.74) is 2.81. The summed E-state index contributed by atoms with van der Waals surface area (Å²) >= 11 is 0. The molecular weight excluding hydrogens is 234 g/mol. The largest absolute Gasteiger partial charge is 0.317 e. The third-order valence-electron chi connectivity index (χ3n) is 3.24. The summed E-state index contributed by atoms with van der Waals surface area (Å²) in [6.07, 6.45) is 1.12. The summed E-state index contributed by atoms with van der Waals surface area (Å²) in [6.45, 7) is 7.51. The highest BCUT2D eigenvalue weighted by Crippen LogP contribution is 2.07. The van der Waals surface area contributed by atoms with E-state index in [-0.39, 0.29) is 0 Å². The molecule has 0 unspecified atom stereocenters. The average Bonchev–Trinajstić information content (AvgIpc) is 2.39. The molecule has 0 spiro atoms. The van der Waals surface area contributed by atoms with E-state index in [1.54, 1.807) is 0 Å². The van der Waals surface area contributed by atoms with Gasteiger partial charge in [-0.1, -0.05) is 31.2 Å². The number of benzene rings is 1. The molecule has 0 atom stereocenters. The maximum Gasteiger partial charge on any atom is 0.0231 e. The highest BCUT2D eigenvalue weighted by Gasteiger charge is 2.01. The molecule has 1 rings (SSSR count). The minimum Gasteiger partial charge on any atom is -0.317 e. The normalized spacial score (nSPS) is 11.5. The Bertz CT molecular complexity index is 332. The first-order valence-corrected chi connectivity index (χ1v) is 7.23. The van der Waals surface area contributed by atoms with Gasteiger partial charge in [0.1, 0.15) is 0 Å². The monoisotopic (exact) mass is 263 g/mol. The molecule has 0 aliphatic rings. The predicted molar refractivity (Wildman–Crippen MR) is 83.6 cm³/mol. The molecule has 0 radical (unpaired) electrons. The van der Waals surface area contributed by atoms with Gasteiger partial charge in [0.25, 0.3) is 0 Å². The highest BCUT2D eigenvalue weighted by molar-refractivity contribution is 5.22. The van der Waals surface area contributed by atoms with E-state index in [1.807, 2.05) is 0 Å². The molecule has 0 amide bonds. The molecule has 0 aliphatic heterocycles. The van der Waals surface area contributed by atoms with Gasteiger partial charge in [-0.2, -0.15) is 0 Å².